The molecule has 0 aromatic rings. The fraction of sp³-hybridized carbons (Fsp3) is 0.778. The Balaban J connectivity index is 2.36. The molecule has 0 spiro atoms. The molecule has 0 bridgehead atoms. The minimum atomic E-state index is -3.02. The van der Waals surface area contributed by atoms with Gasteiger partial charge in [0.1, 0.15) is 5.78 Å². The highest BCUT2D eigenvalue weighted by atomic mass is 32.2. The predicted molar refractivity (Wildman–Crippen MR) is 58.9 cm³/mol. The molecular formula is C9H16N2O4S. The molecule has 0 aromatic carbocycles. The van der Waals surface area contributed by atoms with E-state index in [4.69, 9.17) is 0 Å². The Morgan fingerprint density at radius 3 is 2.62 bits per heavy atom. The first-order chi connectivity index (χ1) is 7.39. The second-order valence-corrected chi connectivity index (χ2v) is 6.21. The molecule has 1 saturated heterocycles. The van der Waals surface area contributed by atoms with Gasteiger partial charge >= 0.3 is 6.03 Å². The smallest absolute Gasteiger partial charge is 0.315 e. The molecule has 7 heteroatoms. The highest BCUT2D eigenvalue weighted by Crippen LogP contribution is 2.11. The summed E-state index contributed by atoms with van der Waals surface area (Å²) in [5.41, 5.74) is 0. The first-order valence-corrected chi connectivity index (χ1v) is 6.95. The van der Waals surface area contributed by atoms with Crippen LogP contribution in [0.4, 0.5) is 4.79 Å². The van der Waals surface area contributed by atoms with Crippen molar-refractivity contribution in [3.8, 4) is 0 Å². The maximum absolute atomic E-state index is 11.3. The highest BCUT2D eigenvalue weighted by molar-refractivity contribution is 7.91. The normalized spacial score (nSPS) is 23.4. The van der Waals surface area contributed by atoms with E-state index in [1.165, 1.54) is 6.92 Å². The maximum atomic E-state index is 11.3. The van der Waals surface area contributed by atoms with Crippen LogP contribution in [0.2, 0.25) is 0 Å². The summed E-state index contributed by atoms with van der Waals surface area (Å²) in [5.74, 6) is 0.0344. The van der Waals surface area contributed by atoms with Crippen LogP contribution in [0.3, 0.4) is 0 Å². The van der Waals surface area contributed by atoms with Crippen molar-refractivity contribution in [3.63, 3.8) is 0 Å². The van der Waals surface area contributed by atoms with Crippen LogP contribution in [-0.2, 0) is 14.6 Å². The summed E-state index contributed by atoms with van der Waals surface area (Å²) in [6, 6.07) is -0.831. The lowest BCUT2D eigenvalue weighted by Crippen LogP contribution is -2.48. The van der Waals surface area contributed by atoms with Gasteiger partial charge in [-0.25, -0.2) is 13.2 Å². The molecule has 0 radical (unpaired) electrons. The van der Waals surface area contributed by atoms with Gasteiger partial charge in [-0.1, -0.05) is 0 Å². The third-order valence-corrected chi connectivity index (χ3v) is 4.12. The number of carbonyl (C=O) groups excluding carboxylic acids is 2. The number of hydrogen-bond donors (Lipinski definition) is 2. The van der Waals surface area contributed by atoms with Crippen LogP contribution in [0, 0.1) is 0 Å². The SMILES string of the molecule is CC(=O)CNC(=O)NC1CCCS(=O)(=O)C1. The molecule has 0 aliphatic carbocycles. The van der Waals surface area contributed by atoms with Gasteiger partial charge in [-0.05, 0) is 19.8 Å². The zero-order chi connectivity index (χ0) is 12.2. The minimum Gasteiger partial charge on any atom is -0.334 e. The van der Waals surface area contributed by atoms with Gasteiger partial charge in [0.05, 0.1) is 18.1 Å². The van der Waals surface area contributed by atoms with Gasteiger partial charge in [0.2, 0.25) is 0 Å². The number of rotatable bonds is 3. The Morgan fingerprint density at radius 2 is 2.06 bits per heavy atom. The Labute approximate surface area is 94.7 Å². The Hall–Kier alpha value is -1.11. The standard InChI is InChI=1S/C9H16N2O4S/c1-7(12)5-10-9(13)11-8-3-2-4-16(14,15)6-8/h8H,2-6H2,1H3,(H2,10,11,13). The van der Waals surface area contributed by atoms with Crippen molar-refractivity contribution in [3.05, 3.63) is 0 Å². The first kappa shape index (κ1) is 13.0. The molecule has 6 nitrogen and oxygen atoms in total. The summed E-state index contributed by atoms with van der Waals surface area (Å²) < 4.78 is 22.6. The summed E-state index contributed by atoms with van der Waals surface area (Å²) >= 11 is 0. The molecule has 1 rings (SSSR count). The number of Topliss-reactive ketones (excluding diaryl/α,β-unsaturated/α-hetero) is 1. The third-order valence-electron chi connectivity index (χ3n) is 2.30. The topological polar surface area (TPSA) is 92.3 Å². The highest BCUT2D eigenvalue weighted by Gasteiger charge is 2.25. The van der Waals surface area contributed by atoms with Crippen LogP contribution in [0.1, 0.15) is 19.8 Å². The van der Waals surface area contributed by atoms with E-state index in [2.05, 4.69) is 10.6 Å². The Kier molecular flexibility index (Phi) is 4.28. The van der Waals surface area contributed by atoms with E-state index in [1.807, 2.05) is 0 Å². The van der Waals surface area contributed by atoms with Crippen molar-refractivity contribution in [2.75, 3.05) is 18.1 Å². The molecule has 1 unspecified atom stereocenters. The number of urea groups is 1. The largest absolute Gasteiger partial charge is 0.334 e. The second kappa shape index (κ2) is 5.29. The fourth-order valence-electron chi connectivity index (χ4n) is 1.58. The van der Waals surface area contributed by atoms with Gasteiger partial charge in [0, 0.05) is 6.04 Å². The van der Waals surface area contributed by atoms with Gasteiger partial charge in [-0.15, -0.1) is 0 Å². The molecule has 2 amide bonds. The number of amides is 2. The first-order valence-electron chi connectivity index (χ1n) is 5.13. The fourth-order valence-corrected chi connectivity index (χ4v) is 3.21. The molecule has 1 heterocycles. The molecule has 1 aliphatic rings. The maximum Gasteiger partial charge on any atom is 0.315 e. The summed E-state index contributed by atoms with van der Waals surface area (Å²) in [6.07, 6.45) is 1.23. The van der Waals surface area contributed by atoms with Crippen molar-refractivity contribution in [1.82, 2.24) is 10.6 Å². The summed E-state index contributed by atoms with van der Waals surface area (Å²) in [5, 5.41) is 4.91. The lowest BCUT2D eigenvalue weighted by atomic mass is 10.2. The third kappa shape index (κ3) is 4.61. The summed E-state index contributed by atoms with van der Waals surface area (Å²) in [4.78, 5) is 21.9. The average molecular weight is 248 g/mol. The Morgan fingerprint density at radius 1 is 1.38 bits per heavy atom. The lowest BCUT2D eigenvalue weighted by Gasteiger charge is -2.22. The molecule has 1 aliphatic heterocycles. The van der Waals surface area contributed by atoms with Crippen molar-refractivity contribution < 1.29 is 18.0 Å². The molecule has 0 aromatic heterocycles. The average Bonchev–Trinajstić information content (AvgIpc) is 2.13. The monoisotopic (exact) mass is 248 g/mol. The van der Waals surface area contributed by atoms with E-state index in [0.717, 1.165) is 0 Å². The van der Waals surface area contributed by atoms with Crippen LogP contribution in [0.5, 0.6) is 0 Å². The van der Waals surface area contributed by atoms with Crippen LogP contribution in [-0.4, -0.2) is 44.3 Å². The van der Waals surface area contributed by atoms with Gasteiger partial charge in [0.25, 0.3) is 0 Å². The summed E-state index contributed by atoms with van der Waals surface area (Å²) in [6.45, 7) is 1.33. The van der Waals surface area contributed by atoms with Gasteiger partial charge in [-0.2, -0.15) is 0 Å². The lowest BCUT2D eigenvalue weighted by molar-refractivity contribution is -0.116. The zero-order valence-electron chi connectivity index (χ0n) is 9.15. The van der Waals surface area contributed by atoms with Gasteiger partial charge in [-0.3, -0.25) is 4.79 Å². The predicted octanol–water partition coefficient (Wildman–Crippen LogP) is -0.548. The van der Waals surface area contributed by atoms with Crippen molar-refractivity contribution in [2.45, 2.75) is 25.8 Å². The molecular weight excluding hydrogens is 232 g/mol. The van der Waals surface area contributed by atoms with E-state index in [9.17, 15) is 18.0 Å². The summed E-state index contributed by atoms with van der Waals surface area (Å²) in [7, 11) is -3.02. The van der Waals surface area contributed by atoms with E-state index in [-0.39, 0.29) is 29.9 Å². The number of carbonyl (C=O) groups is 2. The van der Waals surface area contributed by atoms with E-state index in [0.29, 0.717) is 12.8 Å². The van der Waals surface area contributed by atoms with E-state index >= 15 is 0 Å². The van der Waals surface area contributed by atoms with Crippen LogP contribution < -0.4 is 10.6 Å². The van der Waals surface area contributed by atoms with Crippen molar-refractivity contribution >= 4 is 21.7 Å². The molecule has 92 valence electrons. The van der Waals surface area contributed by atoms with Crippen LogP contribution in [0.25, 0.3) is 0 Å². The zero-order valence-corrected chi connectivity index (χ0v) is 9.97. The Bertz CT molecular complexity index is 377. The van der Waals surface area contributed by atoms with Crippen molar-refractivity contribution in [2.24, 2.45) is 0 Å². The second-order valence-electron chi connectivity index (χ2n) is 3.98. The van der Waals surface area contributed by atoms with E-state index < -0.39 is 15.9 Å². The number of ketones is 1. The molecule has 2 N–H and O–H groups in total. The molecule has 1 atom stereocenters. The quantitative estimate of drug-likeness (QED) is 0.701. The van der Waals surface area contributed by atoms with Crippen LogP contribution >= 0.6 is 0 Å². The number of hydrogen-bond acceptors (Lipinski definition) is 4. The van der Waals surface area contributed by atoms with Gasteiger partial charge < -0.3 is 10.6 Å². The molecule has 16 heavy (non-hydrogen) atoms. The minimum absolute atomic E-state index is 0.0134. The van der Waals surface area contributed by atoms with Gasteiger partial charge in [0.15, 0.2) is 9.84 Å². The number of nitrogens with one attached hydrogen (secondary N) is 2. The van der Waals surface area contributed by atoms with Crippen LogP contribution in [0.15, 0.2) is 0 Å². The van der Waals surface area contributed by atoms with Crippen molar-refractivity contribution in [1.29, 1.82) is 0 Å². The molecule has 1 fully saturated rings. The van der Waals surface area contributed by atoms with E-state index in [1.54, 1.807) is 0 Å². The number of sulfone groups is 1. The molecule has 0 saturated carbocycles.